The predicted molar refractivity (Wildman–Crippen MR) is 531 cm³/mol. The summed E-state index contributed by atoms with van der Waals surface area (Å²) in [5, 5.41) is 14.2. The number of hydrogen-bond acceptors (Lipinski definition) is 31. The highest BCUT2D eigenvalue weighted by atomic mass is 127. The van der Waals surface area contributed by atoms with Crippen LogP contribution in [0.25, 0.3) is 6.08 Å². The molecule has 0 saturated heterocycles. The van der Waals surface area contributed by atoms with Crippen molar-refractivity contribution in [1.29, 1.82) is 0 Å². The van der Waals surface area contributed by atoms with Crippen LogP contribution in [0, 0.1) is 52.3 Å². The van der Waals surface area contributed by atoms with E-state index >= 15 is 0 Å². The number of benzene rings is 8. The second-order valence-corrected chi connectivity index (χ2v) is 35.4. The lowest BCUT2D eigenvalue weighted by Crippen LogP contribution is -2.44. The molecule has 0 heterocycles. The molecule has 0 radical (unpaired) electrons. The first-order chi connectivity index (χ1) is 62.0. The molecule has 8 aromatic rings. The summed E-state index contributed by atoms with van der Waals surface area (Å²) < 4.78 is 129. The Kier molecular flexibility index (Phi) is 56.4. The van der Waals surface area contributed by atoms with Crippen LogP contribution in [0.5, 0.6) is 69.0 Å². The van der Waals surface area contributed by atoms with Crippen molar-refractivity contribution < 1.29 is 148 Å². The Morgan fingerprint density at radius 1 is 0.455 bits per heavy atom. The molecule has 0 bridgehead atoms. The van der Waals surface area contributed by atoms with Crippen molar-refractivity contribution in [3.05, 3.63) is 208 Å². The normalized spacial score (nSPS) is 10.9. The van der Waals surface area contributed by atoms with Gasteiger partial charge in [0.15, 0.2) is 108 Å². The number of carbonyl (C=O) groups is 7. The lowest BCUT2D eigenvalue weighted by Gasteiger charge is -2.25. The zero-order valence-electron chi connectivity index (χ0n) is 78.6. The second-order valence-electron chi connectivity index (χ2n) is 28.9. The van der Waals surface area contributed by atoms with Gasteiger partial charge in [0.25, 0.3) is 0 Å². The first-order valence-electron chi connectivity index (χ1n) is 39.2. The van der Waals surface area contributed by atoms with E-state index < -0.39 is 55.0 Å². The van der Waals surface area contributed by atoms with E-state index in [1.165, 1.54) is 27.4 Å². The number of alkyl carbamates (subject to hydrolysis) is 2. The topological polar surface area (TPSA) is 384 Å². The van der Waals surface area contributed by atoms with E-state index in [0.29, 0.717) is 106 Å². The van der Waals surface area contributed by atoms with Gasteiger partial charge < -0.3 is 109 Å². The number of carbonyl (C=O) groups excluding carboxylic acids is 7. The number of ether oxygens (including phenoxy) is 20. The Morgan fingerprint density at radius 2 is 0.833 bits per heavy atom. The largest absolute Gasteiger partial charge is 0.504 e. The molecule has 0 saturated carbocycles. The summed E-state index contributed by atoms with van der Waals surface area (Å²) in [7, 11) is 17.9. The fourth-order valence-corrected chi connectivity index (χ4v) is 15.0. The third kappa shape index (κ3) is 39.4. The number of phenolic OH excluding ortho intramolecular Hbond substituents is 1. The molecule has 8 aromatic carbocycles. The van der Waals surface area contributed by atoms with Gasteiger partial charge in [-0.2, -0.15) is 0 Å². The molecule has 0 aliphatic heterocycles. The van der Waals surface area contributed by atoms with Crippen LogP contribution in [0.2, 0.25) is 0 Å². The fraction of sp³-hybridized carbons (Fsp3) is 0.394. The number of amides is 2. The number of nitrogens with one attached hydrogen (secondary N) is 2. The molecule has 2 amide bonds. The van der Waals surface area contributed by atoms with Crippen molar-refractivity contribution in [3.63, 3.8) is 0 Å². The Bertz CT molecular complexity index is 5070. The molecule has 0 fully saturated rings. The van der Waals surface area contributed by atoms with Crippen LogP contribution in [0.1, 0.15) is 143 Å². The first-order valence-corrected chi connectivity index (χ1v) is 44.9. The summed E-state index contributed by atoms with van der Waals surface area (Å²) in [6.07, 6.45) is 1.73. The fourth-order valence-electron chi connectivity index (χ4n) is 11.3. The SMILES string of the molecule is C.COC(=O)/C(=C/c1cc(C)c(OC)c(OCc2ccccc2)c1I)NC(=O)OC(C)(C)C.COC(=O)C(NC(=O)OC(C)(C)C)P(=O)(OC)OC.COCOc1cc(Br)cc(C)c1OC.COCOc1cc(C(OC)OC)cc(C)c1OC.COCOc1cc(C=O)cc(C)c1OC.COc1c(C)cc(C=O)c(I)c1O.COc1c(C)cc(C=O)c(I)c1OCc1ccccc1.[HH]. The van der Waals surface area contributed by atoms with Crippen molar-refractivity contribution in [2.24, 2.45) is 0 Å². The zero-order valence-corrected chi connectivity index (χ0v) is 87.6. The first kappa shape index (κ1) is 120. The lowest BCUT2D eigenvalue weighted by atomic mass is 10.1. The molecule has 0 spiro atoms. The Balaban J connectivity index is 0.00000156. The van der Waals surface area contributed by atoms with E-state index in [0.717, 1.165) is 97.8 Å². The van der Waals surface area contributed by atoms with E-state index in [1.807, 2.05) is 154 Å². The quantitative estimate of drug-likeness (QED) is 0.00631. The standard InChI is InChI=1S/C24H28INO6.C16H15IO3.C13H20O5.C11H14O4.C10H13BrO3.C10H20NO7P.C9H9IO3.CH4.H2/c1-15-12-17(13-18(22(27)30-6)26-23(28)32-24(2,3)4)19(25)21(20(15)29-5)31-14-16-10-8-7-9-11-16;1-11-8-13(9-18)14(17)16(15(11)19-2)20-10-12-6-4-3-5-7-12;1-9-6-10(13(16-4)17-5)7-11(12(9)15-3)18-8-14-2;1-8-4-9(6-12)5-10(11(8)14-3)15-7-13-2;1-7-4-8(11)5-9(10(7)13-3)14-6-12-2;1-10(2,3)18-9(13)11-7(8(12)15-4)19(14,16-5)17-6;1-5-3-6(4-11)7(10)8(12)9(5)13-2;;/h7-13H,14H2,1-6H3,(H,26,28);3-9H,10H2,1-2H3;6-7,13H,8H2,1-5H3;4-6H,7H2,1-3H3;4-5H,6H2,1-3H3;7H,1-6H3,(H,11,13);3-4,12H,1-2H3;1H4;1H/b18-13-;;;;;;;;. The van der Waals surface area contributed by atoms with Gasteiger partial charge in [0.2, 0.25) is 5.78 Å². The number of rotatable bonds is 35. The summed E-state index contributed by atoms with van der Waals surface area (Å²) in [6.45, 7) is 22.7. The van der Waals surface area contributed by atoms with Gasteiger partial charge in [0.1, 0.15) is 36.4 Å². The minimum Gasteiger partial charge on any atom is -0.504 e. The van der Waals surface area contributed by atoms with Gasteiger partial charge in [0.05, 0.1) is 67.6 Å². The van der Waals surface area contributed by atoms with E-state index in [-0.39, 0.29) is 40.7 Å². The highest BCUT2D eigenvalue weighted by Gasteiger charge is 2.43. The van der Waals surface area contributed by atoms with Crippen LogP contribution < -0.4 is 62.7 Å². The molecule has 1 unspecified atom stereocenters. The monoisotopic (exact) mass is 2270 g/mol. The van der Waals surface area contributed by atoms with Crippen LogP contribution in [0.3, 0.4) is 0 Å². The van der Waals surface area contributed by atoms with Gasteiger partial charge >= 0.3 is 31.7 Å². The van der Waals surface area contributed by atoms with Gasteiger partial charge in [0, 0.05) is 77.9 Å². The van der Waals surface area contributed by atoms with Gasteiger partial charge in [-0.1, -0.05) is 84.0 Å². The van der Waals surface area contributed by atoms with Crippen molar-refractivity contribution >= 4 is 140 Å². The molecule has 3 N–H and O–H groups in total. The smallest absolute Gasteiger partial charge is 0.412 e. The van der Waals surface area contributed by atoms with Crippen LogP contribution in [-0.2, 0) is 79.0 Å². The second kappa shape index (κ2) is 61.9. The van der Waals surface area contributed by atoms with E-state index in [9.17, 15) is 43.2 Å². The average molecular weight is 2270 g/mol. The van der Waals surface area contributed by atoms with Crippen molar-refractivity contribution in [1.82, 2.24) is 10.6 Å². The summed E-state index contributed by atoms with van der Waals surface area (Å²) >= 11 is 9.54. The maximum absolute atomic E-state index is 12.3. The molecule has 132 heavy (non-hydrogen) atoms. The van der Waals surface area contributed by atoms with E-state index in [2.05, 4.69) is 85.5 Å². The molecule has 33 nitrogen and oxygen atoms in total. The Labute approximate surface area is 824 Å². The zero-order chi connectivity index (χ0) is 99.1. The van der Waals surface area contributed by atoms with Crippen molar-refractivity contribution in [2.75, 3.05) is 127 Å². The molecule has 730 valence electrons. The number of hydrogen-bond donors (Lipinski definition) is 3. The highest BCUT2D eigenvalue weighted by molar-refractivity contribution is 14.1. The Morgan fingerprint density at radius 3 is 1.22 bits per heavy atom. The molecule has 0 aliphatic rings. The lowest BCUT2D eigenvalue weighted by molar-refractivity contribution is -0.141. The number of methoxy groups -OCH3 is 13. The van der Waals surface area contributed by atoms with Crippen LogP contribution in [0.15, 0.2) is 125 Å². The number of aromatic hydroxyl groups is 1. The molecular weight excluding hydrogens is 2140 g/mol. The highest BCUT2D eigenvalue weighted by Crippen LogP contribution is 2.51. The molecule has 0 aromatic heterocycles. The number of halogens is 4. The van der Waals surface area contributed by atoms with Crippen LogP contribution in [-0.4, -0.2) is 192 Å². The minimum atomic E-state index is -3.87. The molecule has 8 rings (SSSR count). The van der Waals surface area contributed by atoms with Crippen molar-refractivity contribution in [2.45, 2.75) is 127 Å². The number of aldehydes is 3. The molecule has 1 atom stereocenters. The molecule has 0 aliphatic carbocycles. The third-order valence-electron chi connectivity index (χ3n) is 16.9. The summed E-state index contributed by atoms with van der Waals surface area (Å²) in [4.78, 5) is 80.0. The minimum absolute atomic E-state index is 0. The number of aryl methyl sites for hydroxylation is 6. The average Bonchev–Trinajstić information content (AvgIpc) is 0.764. The van der Waals surface area contributed by atoms with Gasteiger partial charge in [-0.25, -0.2) is 19.2 Å². The van der Waals surface area contributed by atoms with Crippen LogP contribution >= 0.6 is 91.3 Å². The van der Waals surface area contributed by atoms with Gasteiger partial charge in [-0.05, 0) is 262 Å². The number of esters is 2. The maximum Gasteiger partial charge on any atom is 0.412 e. The number of phenols is 1. The van der Waals surface area contributed by atoms with Gasteiger partial charge in [-0.3, -0.25) is 29.6 Å². The van der Waals surface area contributed by atoms with E-state index in [1.54, 1.807) is 131 Å². The maximum atomic E-state index is 12.3. The summed E-state index contributed by atoms with van der Waals surface area (Å²) in [5.74, 6) is 3.50. The molecule has 38 heteroatoms. The van der Waals surface area contributed by atoms with Gasteiger partial charge in [-0.15, -0.1) is 0 Å². The van der Waals surface area contributed by atoms with Crippen LogP contribution in [0.4, 0.5) is 9.59 Å². The van der Waals surface area contributed by atoms with Crippen molar-refractivity contribution in [3.8, 4) is 69.0 Å². The molecular formula is C94H125BrI3N2O31P. The Hall–Kier alpha value is -9.79. The summed E-state index contributed by atoms with van der Waals surface area (Å²) in [5.41, 5.74) is 8.98. The van der Waals surface area contributed by atoms with E-state index in [4.69, 9.17) is 90.0 Å². The third-order valence-corrected chi connectivity index (χ3v) is 22.7. The predicted octanol–water partition coefficient (Wildman–Crippen LogP) is 20.6. The summed E-state index contributed by atoms with van der Waals surface area (Å²) in [6, 6.07) is 35.9.